The van der Waals surface area contributed by atoms with Gasteiger partial charge in [-0.3, -0.25) is 4.99 Å². The number of guanidine groups is 1. The Morgan fingerprint density at radius 1 is 1.47 bits per heavy atom. The number of hydrogen-bond donors (Lipinski definition) is 2. The van der Waals surface area contributed by atoms with Crippen molar-refractivity contribution in [3.05, 3.63) is 0 Å². The maximum atomic E-state index is 5.05. The predicted octanol–water partition coefficient (Wildman–Crippen LogP) is 0.938. The van der Waals surface area contributed by atoms with Crippen LogP contribution in [0.4, 0.5) is 0 Å². The van der Waals surface area contributed by atoms with Gasteiger partial charge < -0.3 is 15.4 Å². The second-order valence-corrected chi connectivity index (χ2v) is 4.78. The average molecular weight is 233 g/mol. The molecule has 0 aromatic rings. The van der Waals surface area contributed by atoms with Gasteiger partial charge in [0.05, 0.1) is 6.61 Å². The van der Waals surface area contributed by atoms with Gasteiger partial charge in [-0.1, -0.05) is 6.92 Å². The Labute approximate surface area is 97.3 Å². The summed E-state index contributed by atoms with van der Waals surface area (Å²) in [5.41, 5.74) is 0. The lowest BCUT2D eigenvalue weighted by Crippen LogP contribution is -2.45. The van der Waals surface area contributed by atoms with E-state index < -0.39 is 0 Å². The molecule has 0 saturated heterocycles. The molecule has 15 heavy (non-hydrogen) atoms. The molecule has 0 amide bonds. The second kappa shape index (κ2) is 8.85. The molecule has 2 atom stereocenters. The van der Waals surface area contributed by atoms with E-state index in [4.69, 9.17) is 4.74 Å². The number of aliphatic imine (C=N–C) groups is 1. The van der Waals surface area contributed by atoms with Gasteiger partial charge in [0.15, 0.2) is 5.96 Å². The highest BCUT2D eigenvalue weighted by Gasteiger charge is 2.05. The first-order valence-electron chi connectivity index (χ1n) is 5.13. The molecule has 4 nitrogen and oxygen atoms in total. The van der Waals surface area contributed by atoms with Crippen LogP contribution in [0.2, 0.25) is 0 Å². The summed E-state index contributed by atoms with van der Waals surface area (Å²) >= 11 is 1.84. The molecule has 0 aliphatic heterocycles. The summed E-state index contributed by atoms with van der Waals surface area (Å²) in [6.45, 7) is 5.84. The normalized spacial score (nSPS) is 15.9. The molecule has 5 heteroatoms. The van der Waals surface area contributed by atoms with Crippen molar-refractivity contribution in [3.8, 4) is 0 Å². The van der Waals surface area contributed by atoms with Crippen molar-refractivity contribution in [1.82, 2.24) is 10.6 Å². The monoisotopic (exact) mass is 233 g/mol. The Kier molecular flexibility index (Phi) is 8.61. The van der Waals surface area contributed by atoms with E-state index in [1.807, 2.05) is 11.8 Å². The van der Waals surface area contributed by atoms with Crippen LogP contribution in [0.15, 0.2) is 4.99 Å². The van der Waals surface area contributed by atoms with Gasteiger partial charge in [-0.15, -0.1) is 0 Å². The van der Waals surface area contributed by atoms with Gasteiger partial charge in [-0.2, -0.15) is 11.8 Å². The zero-order valence-corrected chi connectivity index (χ0v) is 11.1. The minimum Gasteiger partial charge on any atom is -0.383 e. The minimum absolute atomic E-state index is 0.269. The SMILES string of the molecule is CN=C(NCC(C)SC)NC(C)COC. The van der Waals surface area contributed by atoms with Crippen molar-refractivity contribution in [3.63, 3.8) is 0 Å². The number of nitrogens with one attached hydrogen (secondary N) is 2. The van der Waals surface area contributed by atoms with Crippen molar-refractivity contribution in [2.45, 2.75) is 25.1 Å². The van der Waals surface area contributed by atoms with Crippen molar-refractivity contribution < 1.29 is 4.74 Å². The van der Waals surface area contributed by atoms with Crippen LogP contribution in [0.25, 0.3) is 0 Å². The van der Waals surface area contributed by atoms with Gasteiger partial charge in [-0.25, -0.2) is 0 Å². The fourth-order valence-electron chi connectivity index (χ4n) is 1.04. The van der Waals surface area contributed by atoms with Crippen molar-refractivity contribution >= 4 is 17.7 Å². The van der Waals surface area contributed by atoms with Gasteiger partial charge in [0.2, 0.25) is 0 Å². The molecular weight excluding hydrogens is 210 g/mol. The summed E-state index contributed by atoms with van der Waals surface area (Å²) in [7, 11) is 3.47. The lowest BCUT2D eigenvalue weighted by atomic mass is 10.4. The van der Waals surface area contributed by atoms with E-state index in [1.54, 1.807) is 14.2 Å². The van der Waals surface area contributed by atoms with Crippen LogP contribution >= 0.6 is 11.8 Å². The number of rotatable bonds is 6. The van der Waals surface area contributed by atoms with Crippen molar-refractivity contribution in [2.24, 2.45) is 4.99 Å². The summed E-state index contributed by atoms with van der Waals surface area (Å²) in [4.78, 5) is 4.15. The molecule has 0 radical (unpaired) electrons. The van der Waals surface area contributed by atoms with Crippen LogP contribution in [0.3, 0.4) is 0 Å². The fraction of sp³-hybridized carbons (Fsp3) is 0.900. The van der Waals surface area contributed by atoms with Gasteiger partial charge in [0.1, 0.15) is 0 Å². The van der Waals surface area contributed by atoms with Crippen LogP contribution in [0.1, 0.15) is 13.8 Å². The summed E-state index contributed by atoms with van der Waals surface area (Å²) < 4.78 is 5.05. The van der Waals surface area contributed by atoms with E-state index >= 15 is 0 Å². The Morgan fingerprint density at radius 3 is 2.60 bits per heavy atom. The Morgan fingerprint density at radius 2 is 2.13 bits per heavy atom. The number of methoxy groups -OCH3 is 1. The van der Waals surface area contributed by atoms with Crippen LogP contribution in [0, 0.1) is 0 Å². The molecule has 0 aliphatic rings. The fourth-order valence-corrected chi connectivity index (χ4v) is 1.29. The average Bonchev–Trinajstić information content (AvgIpc) is 2.23. The van der Waals surface area contributed by atoms with E-state index in [9.17, 15) is 0 Å². The second-order valence-electron chi connectivity index (χ2n) is 3.50. The maximum Gasteiger partial charge on any atom is 0.191 e. The Bertz CT molecular complexity index is 188. The largest absolute Gasteiger partial charge is 0.383 e. The lowest BCUT2D eigenvalue weighted by molar-refractivity contribution is 0.179. The summed E-state index contributed by atoms with van der Waals surface area (Å²) in [6, 6.07) is 0.269. The van der Waals surface area contributed by atoms with E-state index in [0.29, 0.717) is 11.9 Å². The molecule has 90 valence electrons. The van der Waals surface area contributed by atoms with Crippen LogP contribution in [-0.2, 0) is 4.74 Å². The molecule has 0 bridgehead atoms. The highest BCUT2D eigenvalue weighted by Crippen LogP contribution is 2.02. The molecule has 0 spiro atoms. The number of nitrogens with zero attached hydrogens (tertiary/aromatic N) is 1. The predicted molar refractivity (Wildman–Crippen MR) is 68.8 cm³/mol. The Balaban J connectivity index is 3.83. The molecule has 0 saturated carbocycles. The van der Waals surface area contributed by atoms with Gasteiger partial charge >= 0.3 is 0 Å². The summed E-state index contributed by atoms with van der Waals surface area (Å²) in [5, 5.41) is 7.11. The third-order valence-electron chi connectivity index (χ3n) is 1.98. The molecule has 0 heterocycles. The zero-order chi connectivity index (χ0) is 11.7. The van der Waals surface area contributed by atoms with Gasteiger partial charge in [-0.05, 0) is 13.2 Å². The topological polar surface area (TPSA) is 45.7 Å². The van der Waals surface area contributed by atoms with Gasteiger partial charge in [0, 0.05) is 32.0 Å². The van der Waals surface area contributed by atoms with E-state index in [1.165, 1.54) is 0 Å². The van der Waals surface area contributed by atoms with Crippen molar-refractivity contribution in [1.29, 1.82) is 0 Å². The highest BCUT2D eigenvalue weighted by molar-refractivity contribution is 7.99. The zero-order valence-electron chi connectivity index (χ0n) is 10.3. The molecule has 2 N–H and O–H groups in total. The number of hydrogen-bond acceptors (Lipinski definition) is 3. The van der Waals surface area contributed by atoms with Gasteiger partial charge in [0.25, 0.3) is 0 Å². The first-order valence-corrected chi connectivity index (χ1v) is 6.41. The van der Waals surface area contributed by atoms with E-state index in [-0.39, 0.29) is 6.04 Å². The summed E-state index contributed by atoms with van der Waals surface area (Å²) in [5.74, 6) is 0.834. The number of thioether (sulfide) groups is 1. The smallest absolute Gasteiger partial charge is 0.191 e. The standard InChI is InChI=1S/C10H23N3OS/c1-8(7-14-4)13-10(11-3)12-6-9(2)15-5/h8-9H,6-7H2,1-5H3,(H2,11,12,13). The maximum absolute atomic E-state index is 5.05. The third kappa shape index (κ3) is 7.50. The number of ether oxygens (including phenoxy) is 1. The molecule has 0 rings (SSSR count). The van der Waals surface area contributed by atoms with Crippen LogP contribution < -0.4 is 10.6 Å². The molecular formula is C10H23N3OS. The molecule has 0 fully saturated rings. The van der Waals surface area contributed by atoms with Crippen LogP contribution in [-0.4, -0.2) is 50.8 Å². The highest BCUT2D eigenvalue weighted by atomic mass is 32.2. The molecule has 2 unspecified atom stereocenters. The molecule has 0 aliphatic carbocycles. The van der Waals surface area contributed by atoms with E-state index in [0.717, 1.165) is 12.5 Å². The summed E-state index contributed by atoms with van der Waals surface area (Å²) in [6.07, 6.45) is 2.11. The third-order valence-corrected chi connectivity index (χ3v) is 2.95. The minimum atomic E-state index is 0.269. The first-order chi connectivity index (χ1) is 7.13. The lowest BCUT2D eigenvalue weighted by Gasteiger charge is -2.18. The quantitative estimate of drug-likeness (QED) is 0.529. The first kappa shape index (κ1) is 14.6. The molecule has 0 aromatic heterocycles. The van der Waals surface area contributed by atoms with Crippen LogP contribution in [0.5, 0.6) is 0 Å². The molecule has 0 aromatic carbocycles. The van der Waals surface area contributed by atoms with E-state index in [2.05, 4.69) is 35.7 Å². The van der Waals surface area contributed by atoms with Crippen molar-refractivity contribution in [2.75, 3.05) is 33.6 Å². The Hall–Kier alpha value is -0.420.